The zero-order valence-corrected chi connectivity index (χ0v) is 18.0. The van der Waals surface area contributed by atoms with E-state index in [-0.39, 0.29) is 23.7 Å². The van der Waals surface area contributed by atoms with Crippen LogP contribution in [0.5, 0.6) is 0 Å². The van der Waals surface area contributed by atoms with Crippen LogP contribution in [0.1, 0.15) is 30.3 Å². The highest BCUT2D eigenvalue weighted by atomic mass is 32.2. The first-order valence-corrected chi connectivity index (χ1v) is 11.4. The normalized spacial score (nSPS) is 18.3. The molecule has 1 aliphatic carbocycles. The summed E-state index contributed by atoms with van der Waals surface area (Å²) in [4.78, 5) is 33.8. The number of aromatic nitrogens is 2. The van der Waals surface area contributed by atoms with Crippen LogP contribution in [0.4, 0.5) is 4.39 Å². The Balaban J connectivity index is 1.45. The first-order valence-electron chi connectivity index (χ1n) is 10.2. The van der Waals surface area contributed by atoms with Crippen molar-refractivity contribution in [3.63, 3.8) is 0 Å². The summed E-state index contributed by atoms with van der Waals surface area (Å²) in [5.74, 6) is -0.369. The third-order valence-electron chi connectivity index (χ3n) is 5.67. The van der Waals surface area contributed by atoms with E-state index in [0.717, 1.165) is 12.8 Å². The molecule has 1 saturated heterocycles. The molecule has 2 fully saturated rings. The van der Waals surface area contributed by atoms with Crippen LogP contribution in [0.15, 0.2) is 35.6 Å². The minimum Gasteiger partial charge on any atom is -0.352 e. The van der Waals surface area contributed by atoms with Crippen LogP contribution in [0.2, 0.25) is 0 Å². The predicted octanol–water partition coefficient (Wildman–Crippen LogP) is 2.16. The van der Waals surface area contributed by atoms with Gasteiger partial charge < -0.3 is 10.2 Å². The molecule has 7 nitrogen and oxygen atoms in total. The van der Waals surface area contributed by atoms with Crippen LogP contribution in [0, 0.1) is 5.82 Å². The van der Waals surface area contributed by atoms with Crippen LogP contribution in [-0.2, 0) is 4.79 Å². The molecule has 0 radical (unpaired) electrons. The number of imidazole rings is 1. The number of nitrogens with zero attached hydrogens (tertiary/aromatic N) is 4. The summed E-state index contributed by atoms with van der Waals surface area (Å²) in [5.41, 5.74) is 1.16. The predicted molar refractivity (Wildman–Crippen MR) is 113 cm³/mol. The summed E-state index contributed by atoms with van der Waals surface area (Å²) in [6.07, 6.45) is 5.61. The van der Waals surface area contributed by atoms with Crippen molar-refractivity contribution >= 4 is 23.6 Å². The Kier molecular flexibility index (Phi) is 6.10. The standard InChI is InChI=1S/C21H26FN5O2S/c1-14(19(28)24-16-5-6-16)25-9-11-26(12-10-25)20(29)18-13-23-21(30-2)27(18)17-7-3-15(22)4-8-17/h3-4,7-8,13-14,16H,5-6,9-12H2,1-2H3,(H,24,28). The number of hydrogen-bond donors (Lipinski definition) is 1. The number of nitrogens with one attached hydrogen (secondary N) is 1. The van der Waals surface area contributed by atoms with Crippen LogP contribution < -0.4 is 5.32 Å². The van der Waals surface area contributed by atoms with Crippen LogP contribution in [-0.4, -0.2) is 75.7 Å². The fourth-order valence-electron chi connectivity index (χ4n) is 3.66. The summed E-state index contributed by atoms with van der Waals surface area (Å²) in [5, 5.41) is 3.72. The largest absolute Gasteiger partial charge is 0.352 e. The van der Waals surface area contributed by atoms with Gasteiger partial charge in [0.2, 0.25) is 5.91 Å². The lowest BCUT2D eigenvalue weighted by Gasteiger charge is -2.37. The monoisotopic (exact) mass is 431 g/mol. The fourth-order valence-corrected chi connectivity index (χ4v) is 4.20. The SMILES string of the molecule is CSc1ncc(C(=O)N2CCN(C(C)C(=O)NC3CC3)CC2)n1-c1ccc(F)cc1. The molecule has 0 spiro atoms. The smallest absolute Gasteiger partial charge is 0.272 e. The summed E-state index contributed by atoms with van der Waals surface area (Å²) >= 11 is 1.43. The number of rotatable bonds is 6. The third kappa shape index (κ3) is 4.37. The average Bonchev–Trinajstić information content (AvgIpc) is 3.48. The summed E-state index contributed by atoms with van der Waals surface area (Å²) < 4.78 is 15.1. The van der Waals surface area contributed by atoms with E-state index in [4.69, 9.17) is 0 Å². The second-order valence-electron chi connectivity index (χ2n) is 7.73. The van der Waals surface area contributed by atoms with Crippen molar-refractivity contribution in [1.82, 2.24) is 24.7 Å². The van der Waals surface area contributed by atoms with Crippen molar-refractivity contribution in [1.29, 1.82) is 0 Å². The number of piperazine rings is 1. The van der Waals surface area contributed by atoms with Gasteiger partial charge in [0.05, 0.1) is 12.2 Å². The van der Waals surface area contributed by atoms with Gasteiger partial charge in [-0.1, -0.05) is 11.8 Å². The van der Waals surface area contributed by atoms with E-state index in [2.05, 4.69) is 15.2 Å². The quantitative estimate of drug-likeness (QED) is 0.710. The molecular weight excluding hydrogens is 405 g/mol. The van der Waals surface area contributed by atoms with Crippen molar-refractivity contribution < 1.29 is 14.0 Å². The maximum Gasteiger partial charge on any atom is 0.272 e. The molecule has 1 aliphatic heterocycles. The van der Waals surface area contributed by atoms with Gasteiger partial charge in [0.1, 0.15) is 11.5 Å². The molecule has 0 bridgehead atoms. The van der Waals surface area contributed by atoms with Gasteiger partial charge in [-0.2, -0.15) is 0 Å². The highest BCUT2D eigenvalue weighted by molar-refractivity contribution is 7.98. The van der Waals surface area contributed by atoms with Gasteiger partial charge in [-0.25, -0.2) is 9.37 Å². The zero-order valence-electron chi connectivity index (χ0n) is 17.2. The first kappa shape index (κ1) is 20.9. The summed E-state index contributed by atoms with van der Waals surface area (Å²) in [6, 6.07) is 6.19. The van der Waals surface area contributed by atoms with E-state index >= 15 is 0 Å². The first-order chi connectivity index (χ1) is 14.5. The Labute approximate surface area is 179 Å². The molecule has 1 saturated carbocycles. The van der Waals surface area contributed by atoms with Crippen LogP contribution >= 0.6 is 11.8 Å². The van der Waals surface area contributed by atoms with Gasteiger partial charge in [-0.05, 0) is 50.3 Å². The molecule has 160 valence electrons. The Morgan fingerprint density at radius 2 is 1.83 bits per heavy atom. The fraction of sp³-hybridized carbons (Fsp3) is 0.476. The molecule has 2 amide bonds. The Bertz CT molecular complexity index is 920. The molecular formula is C21H26FN5O2S. The number of benzene rings is 1. The van der Waals surface area contributed by atoms with Gasteiger partial charge in [0, 0.05) is 37.9 Å². The molecule has 1 atom stereocenters. The van der Waals surface area contributed by atoms with Crippen LogP contribution in [0.25, 0.3) is 5.69 Å². The van der Waals surface area contributed by atoms with Gasteiger partial charge in [-0.15, -0.1) is 0 Å². The zero-order chi connectivity index (χ0) is 21.3. The maximum atomic E-state index is 13.4. The highest BCUT2D eigenvalue weighted by Gasteiger charge is 2.32. The van der Waals surface area contributed by atoms with Gasteiger partial charge >= 0.3 is 0 Å². The lowest BCUT2D eigenvalue weighted by molar-refractivity contribution is -0.126. The molecule has 30 heavy (non-hydrogen) atoms. The molecule has 1 aromatic carbocycles. The number of thioether (sulfide) groups is 1. The highest BCUT2D eigenvalue weighted by Crippen LogP contribution is 2.24. The molecule has 1 unspecified atom stereocenters. The molecule has 2 aliphatic rings. The molecule has 1 N–H and O–H groups in total. The van der Waals surface area contributed by atoms with Crippen molar-refractivity contribution in [2.45, 2.75) is 37.0 Å². The van der Waals surface area contributed by atoms with E-state index in [9.17, 15) is 14.0 Å². The molecule has 9 heteroatoms. The minimum atomic E-state index is -0.326. The second kappa shape index (κ2) is 8.77. The van der Waals surface area contributed by atoms with E-state index in [1.54, 1.807) is 27.8 Å². The average molecular weight is 432 g/mol. The van der Waals surface area contributed by atoms with Crippen molar-refractivity contribution in [2.75, 3.05) is 32.4 Å². The lowest BCUT2D eigenvalue weighted by atomic mass is 10.2. The summed E-state index contributed by atoms with van der Waals surface area (Å²) in [7, 11) is 0. The Morgan fingerprint density at radius 3 is 2.43 bits per heavy atom. The van der Waals surface area contributed by atoms with E-state index < -0.39 is 0 Å². The number of amides is 2. The Hall–Kier alpha value is -2.39. The van der Waals surface area contributed by atoms with E-state index in [0.29, 0.717) is 48.8 Å². The Morgan fingerprint density at radius 1 is 1.17 bits per heavy atom. The molecule has 4 rings (SSSR count). The van der Waals surface area contributed by atoms with Crippen molar-refractivity contribution in [3.8, 4) is 5.69 Å². The van der Waals surface area contributed by atoms with Gasteiger partial charge in [-0.3, -0.25) is 19.1 Å². The minimum absolute atomic E-state index is 0.0660. The lowest BCUT2D eigenvalue weighted by Crippen LogP contribution is -2.55. The molecule has 2 heterocycles. The van der Waals surface area contributed by atoms with Crippen molar-refractivity contribution in [3.05, 3.63) is 42.0 Å². The van der Waals surface area contributed by atoms with Crippen molar-refractivity contribution in [2.24, 2.45) is 0 Å². The topological polar surface area (TPSA) is 70.5 Å². The molecule has 1 aromatic heterocycles. The number of halogens is 1. The molecule has 2 aromatic rings. The maximum absolute atomic E-state index is 13.4. The van der Waals surface area contributed by atoms with Gasteiger partial charge in [0.15, 0.2) is 5.16 Å². The number of carbonyl (C=O) groups excluding carboxylic acids is 2. The second-order valence-corrected chi connectivity index (χ2v) is 8.50. The van der Waals surface area contributed by atoms with E-state index in [1.165, 1.54) is 23.9 Å². The number of carbonyl (C=O) groups is 2. The summed E-state index contributed by atoms with van der Waals surface area (Å²) in [6.45, 7) is 4.30. The number of hydrogen-bond acceptors (Lipinski definition) is 5. The van der Waals surface area contributed by atoms with Gasteiger partial charge in [0.25, 0.3) is 5.91 Å². The third-order valence-corrected chi connectivity index (χ3v) is 6.32. The van der Waals surface area contributed by atoms with Crippen LogP contribution in [0.3, 0.4) is 0 Å². The van der Waals surface area contributed by atoms with E-state index in [1.807, 2.05) is 13.2 Å².